The molecule has 0 radical (unpaired) electrons. The second kappa shape index (κ2) is 5.62. The SMILES string of the molecule is COC(C)P(=O)(c1ccccc1)C(C)OC. The molecule has 16 heavy (non-hydrogen) atoms. The normalized spacial score (nSPS) is 18.8. The Labute approximate surface area is 97.1 Å². The highest BCUT2D eigenvalue weighted by Gasteiger charge is 2.37. The van der Waals surface area contributed by atoms with Crippen LogP contribution in [0.2, 0.25) is 0 Å². The molecule has 0 fully saturated rings. The van der Waals surface area contributed by atoms with Crippen LogP contribution in [0.1, 0.15) is 13.8 Å². The fraction of sp³-hybridized carbons (Fsp3) is 0.500. The molecule has 3 nitrogen and oxygen atoms in total. The van der Waals surface area contributed by atoms with Crippen molar-refractivity contribution in [2.75, 3.05) is 14.2 Å². The number of hydrogen-bond acceptors (Lipinski definition) is 3. The summed E-state index contributed by atoms with van der Waals surface area (Å²) in [6, 6.07) is 9.40. The van der Waals surface area contributed by atoms with Crippen molar-refractivity contribution in [3.63, 3.8) is 0 Å². The Morgan fingerprint density at radius 3 is 1.81 bits per heavy atom. The molecule has 1 aromatic rings. The van der Waals surface area contributed by atoms with Crippen LogP contribution in [-0.2, 0) is 14.0 Å². The Hall–Kier alpha value is -0.630. The van der Waals surface area contributed by atoms with Crippen LogP contribution >= 0.6 is 7.14 Å². The number of hydrogen-bond donors (Lipinski definition) is 0. The van der Waals surface area contributed by atoms with E-state index in [4.69, 9.17) is 9.47 Å². The minimum atomic E-state index is -2.70. The quantitative estimate of drug-likeness (QED) is 0.745. The third-order valence-corrected chi connectivity index (χ3v) is 6.61. The van der Waals surface area contributed by atoms with Crippen LogP contribution < -0.4 is 5.30 Å². The molecule has 0 aliphatic heterocycles. The molecule has 0 spiro atoms. The van der Waals surface area contributed by atoms with Gasteiger partial charge in [-0.15, -0.1) is 0 Å². The lowest BCUT2D eigenvalue weighted by Crippen LogP contribution is -2.25. The van der Waals surface area contributed by atoms with Crippen molar-refractivity contribution in [3.05, 3.63) is 30.3 Å². The van der Waals surface area contributed by atoms with Crippen LogP contribution in [0.15, 0.2) is 30.3 Å². The van der Waals surface area contributed by atoms with Gasteiger partial charge in [0.15, 0.2) is 7.14 Å². The Bertz CT molecular complexity index is 350. The standard InChI is InChI=1S/C12H19O3P/c1-10(14-3)16(13,11(2)15-4)12-8-6-5-7-9-12/h5-11H,1-4H3. The first kappa shape index (κ1) is 13.4. The number of benzene rings is 1. The molecule has 4 heteroatoms. The van der Waals surface area contributed by atoms with Crippen molar-refractivity contribution in [2.45, 2.75) is 25.5 Å². The summed E-state index contributed by atoms with van der Waals surface area (Å²) in [7, 11) is 0.446. The highest BCUT2D eigenvalue weighted by atomic mass is 31.2. The van der Waals surface area contributed by atoms with Gasteiger partial charge in [-0.25, -0.2) is 0 Å². The van der Waals surface area contributed by atoms with E-state index in [2.05, 4.69) is 0 Å². The van der Waals surface area contributed by atoms with Crippen LogP contribution in [-0.4, -0.2) is 25.9 Å². The predicted molar refractivity (Wildman–Crippen MR) is 66.6 cm³/mol. The zero-order valence-corrected chi connectivity index (χ0v) is 11.1. The lowest BCUT2D eigenvalue weighted by atomic mass is 10.4. The van der Waals surface area contributed by atoms with E-state index < -0.39 is 7.14 Å². The van der Waals surface area contributed by atoms with E-state index in [1.54, 1.807) is 14.2 Å². The molecule has 0 heterocycles. The smallest absolute Gasteiger partial charge is 0.169 e. The number of rotatable bonds is 5. The lowest BCUT2D eigenvalue weighted by molar-refractivity contribution is 0.147. The van der Waals surface area contributed by atoms with Crippen molar-refractivity contribution in [2.24, 2.45) is 0 Å². The molecule has 0 saturated carbocycles. The van der Waals surface area contributed by atoms with Crippen LogP contribution in [0.25, 0.3) is 0 Å². The molecule has 2 atom stereocenters. The van der Waals surface area contributed by atoms with Gasteiger partial charge in [-0.2, -0.15) is 0 Å². The van der Waals surface area contributed by atoms with E-state index in [1.165, 1.54) is 0 Å². The van der Waals surface area contributed by atoms with Crippen LogP contribution in [0.3, 0.4) is 0 Å². The maximum Gasteiger partial charge on any atom is 0.169 e. The predicted octanol–water partition coefficient (Wildman–Crippen LogP) is 2.66. The second-order valence-corrected chi connectivity index (χ2v) is 7.10. The molecule has 0 aliphatic rings. The van der Waals surface area contributed by atoms with Gasteiger partial charge in [-0.3, -0.25) is 0 Å². The largest absolute Gasteiger partial charge is 0.374 e. The van der Waals surface area contributed by atoms with Crippen LogP contribution in [0.4, 0.5) is 0 Å². The van der Waals surface area contributed by atoms with Gasteiger partial charge in [0, 0.05) is 19.5 Å². The Morgan fingerprint density at radius 2 is 1.44 bits per heavy atom. The van der Waals surface area contributed by atoms with E-state index in [9.17, 15) is 4.57 Å². The fourth-order valence-electron chi connectivity index (χ4n) is 1.69. The first-order valence-corrected chi connectivity index (χ1v) is 7.12. The highest BCUT2D eigenvalue weighted by molar-refractivity contribution is 7.72. The van der Waals surface area contributed by atoms with Gasteiger partial charge < -0.3 is 14.0 Å². The molecule has 0 aromatic heterocycles. The zero-order valence-electron chi connectivity index (χ0n) is 10.2. The van der Waals surface area contributed by atoms with Gasteiger partial charge in [0.05, 0.1) is 0 Å². The van der Waals surface area contributed by atoms with Gasteiger partial charge >= 0.3 is 0 Å². The van der Waals surface area contributed by atoms with Crippen molar-refractivity contribution in [3.8, 4) is 0 Å². The molecular weight excluding hydrogens is 223 g/mol. The first-order chi connectivity index (χ1) is 7.57. The van der Waals surface area contributed by atoms with E-state index in [0.29, 0.717) is 0 Å². The zero-order chi connectivity index (χ0) is 12.2. The number of methoxy groups -OCH3 is 2. The fourth-order valence-corrected chi connectivity index (χ4v) is 4.39. The lowest BCUT2D eigenvalue weighted by Gasteiger charge is -2.28. The number of ether oxygens (including phenoxy) is 2. The molecule has 1 rings (SSSR count). The molecule has 1 aromatic carbocycles. The van der Waals surface area contributed by atoms with Gasteiger partial charge in [-0.1, -0.05) is 30.3 Å². The average molecular weight is 242 g/mol. The second-order valence-electron chi connectivity index (χ2n) is 3.71. The monoisotopic (exact) mass is 242 g/mol. The van der Waals surface area contributed by atoms with Gasteiger partial charge in [0.2, 0.25) is 0 Å². The summed E-state index contributed by atoms with van der Waals surface area (Å²) in [4.78, 5) is 0. The summed E-state index contributed by atoms with van der Waals surface area (Å²) in [5, 5.41) is 0.804. The third-order valence-electron chi connectivity index (χ3n) is 2.92. The molecule has 0 aliphatic carbocycles. The highest BCUT2D eigenvalue weighted by Crippen LogP contribution is 2.54. The van der Waals surface area contributed by atoms with E-state index >= 15 is 0 Å². The van der Waals surface area contributed by atoms with Gasteiger partial charge in [-0.05, 0) is 13.8 Å². The molecule has 0 bridgehead atoms. The van der Waals surface area contributed by atoms with Gasteiger partial charge in [0.25, 0.3) is 0 Å². The van der Waals surface area contributed by atoms with E-state index in [1.807, 2.05) is 44.2 Å². The summed E-state index contributed by atoms with van der Waals surface area (Å²) < 4.78 is 23.5. The summed E-state index contributed by atoms with van der Waals surface area (Å²) in [5.41, 5.74) is 0. The Kier molecular flexibility index (Phi) is 4.72. The van der Waals surface area contributed by atoms with Crippen molar-refractivity contribution < 1.29 is 14.0 Å². The van der Waals surface area contributed by atoms with E-state index in [0.717, 1.165) is 5.30 Å². The summed E-state index contributed by atoms with van der Waals surface area (Å²) >= 11 is 0. The Morgan fingerprint density at radius 1 is 1.00 bits per heavy atom. The van der Waals surface area contributed by atoms with Crippen LogP contribution in [0.5, 0.6) is 0 Å². The van der Waals surface area contributed by atoms with Gasteiger partial charge in [0.1, 0.15) is 11.7 Å². The summed E-state index contributed by atoms with van der Waals surface area (Å²) in [5.74, 6) is -0.685. The molecule has 0 amide bonds. The van der Waals surface area contributed by atoms with E-state index in [-0.39, 0.29) is 11.7 Å². The maximum atomic E-state index is 13.0. The summed E-state index contributed by atoms with van der Waals surface area (Å²) in [6.07, 6.45) is 0. The third kappa shape index (κ3) is 2.37. The van der Waals surface area contributed by atoms with Crippen LogP contribution in [0, 0.1) is 0 Å². The molecule has 0 N–H and O–H groups in total. The minimum absolute atomic E-state index is 0.343. The Balaban J connectivity index is 3.21. The van der Waals surface area contributed by atoms with Crippen molar-refractivity contribution >= 4 is 12.4 Å². The minimum Gasteiger partial charge on any atom is -0.374 e. The molecular formula is C12H19O3P. The topological polar surface area (TPSA) is 35.5 Å². The summed E-state index contributed by atoms with van der Waals surface area (Å²) in [6.45, 7) is 3.65. The maximum absolute atomic E-state index is 13.0. The molecule has 2 unspecified atom stereocenters. The first-order valence-electron chi connectivity index (χ1n) is 5.28. The average Bonchev–Trinajstić information content (AvgIpc) is 2.36. The van der Waals surface area contributed by atoms with Crippen molar-refractivity contribution in [1.29, 1.82) is 0 Å². The molecule has 90 valence electrons. The van der Waals surface area contributed by atoms with Crippen molar-refractivity contribution in [1.82, 2.24) is 0 Å². The molecule has 0 saturated heterocycles.